The van der Waals surface area contributed by atoms with Gasteiger partial charge in [-0.25, -0.2) is 0 Å². The number of nitrogens with zero attached hydrogens (tertiary/aromatic N) is 1. The lowest BCUT2D eigenvalue weighted by Gasteiger charge is -2.06. The number of carbonyl (C=O) groups excluding carboxylic acids is 1. The summed E-state index contributed by atoms with van der Waals surface area (Å²) in [4.78, 5) is 10.5. The number of hydrazone groups is 1. The van der Waals surface area contributed by atoms with Gasteiger partial charge in [0.15, 0.2) is 0 Å². The molecular formula is C15H13ClN2O2. The first-order chi connectivity index (χ1) is 9.74. The predicted molar refractivity (Wildman–Crippen MR) is 80.5 cm³/mol. The lowest BCUT2D eigenvalue weighted by molar-refractivity contribution is -0.110. The Kier molecular flexibility index (Phi) is 5.15. The largest absolute Gasteiger partial charge is 0.457 e. The highest BCUT2D eigenvalue weighted by Crippen LogP contribution is 2.22. The van der Waals surface area contributed by atoms with Crippen LogP contribution in [0.15, 0.2) is 59.7 Å². The summed E-state index contributed by atoms with van der Waals surface area (Å²) in [7, 11) is 0. The summed E-state index contributed by atoms with van der Waals surface area (Å²) in [5, 5.41) is 3.43. The molecule has 0 saturated carbocycles. The molecule has 0 radical (unpaired) electrons. The fourth-order valence-electron chi connectivity index (χ4n) is 1.46. The Morgan fingerprint density at radius 2 is 1.75 bits per heavy atom. The van der Waals surface area contributed by atoms with E-state index in [1.807, 2.05) is 54.6 Å². The third-order valence-corrected chi connectivity index (χ3v) is 2.52. The second-order valence-corrected chi connectivity index (χ2v) is 4.34. The summed E-state index contributed by atoms with van der Waals surface area (Å²) < 4.78 is 5.66. The van der Waals surface area contributed by atoms with Crippen LogP contribution in [-0.4, -0.2) is 11.5 Å². The number of ether oxygens (including phenoxy) is 1. The van der Waals surface area contributed by atoms with Gasteiger partial charge in [-0.1, -0.05) is 18.2 Å². The van der Waals surface area contributed by atoms with E-state index in [9.17, 15) is 4.79 Å². The third kappa shape index (κ3) is 4.74. The van der Waals surface area contributed by atoms with E-state index in [1.54, 1.807) is 0 Å². The SMILES string of the molecule is O=C(Cl)CC=NNc1ccc(Oc2ccccc2)cc1. The van der Waals surface area contributed by atoms with Gasteiger partial charge < -0.3 is 4.74 Å². The molecule has 0 fully saturated rings. The number of hydrogen-bond donors (Lipinski definition) is 1. The molecule has 102 valence electrons. The van der Waals surface area contributed by atoms with Gasteiger partial charge in [0.1, 0.15) is 11.5 Å². The maximum atomic E-state index is 10.5. The number of carbonyl (C=O) groups is 1. The van der Waals surface area contributed by atoms with Gasteiger partial charge in [0.25, 0.3) is 0 Å². The summed E-state index contributed by atoms with van der Waals surface area (Å²) in [6.45, 7) is 0. The molecule has 20 heavy (non-hydrogen) atoms. The highest BCUT2D eigenvalue weighted by molar-refractivity contribution is 6.64. The topological polar surface area (TPSA) is 50.7 Å². The molecule has 0 bridgehead atoms. The normalized spacial score (nSPS) is 10.4. The minimum atomic E-state index is -0.442. The Balaban J connectivity index is 1.90. The van der Waals surface area contributed by atoms with Crippen molar-refractivity contribution in [1.29, 1.82) is 0 Å². The molecule has 0 aliphatic heterocycles. The van der Waals surface area contributed by atoms with Crippen molar-refractivity contribution >= 4 is 28.7 Å². The van der Waals surface area contributed by atoms with Crippen LogP contribution in [0.4, 0.5) is 5.69 Å². The van der Waals surface area contributed by atoms with E-state index in [1.165, 1.54) is 6.21 Å². The number of para-hydroxylation sites is 1. The Morgan fingerprint density at radius 1 is 1.10 bits per heavy atom. The van der Waals surface area contributed by atoms with Gasteiger partial charge in [0.05, 0.1) is 12.1 Å². The van der Waals surface area contributed by atoms with Crippen molar-refractivity contribution in [2.75, 3.05) is 5.43 Å². The molecule has 0 aliphatic rings. The lowest BCUT2D eigenvalue weighted by Crippen LogP contribution is -1.92. The molecule has 2 rings (SSSR count). The summed E-state index contributed by atoms with van der Waals surface area (Å²) >= 11 is 5.18. The van der Waals surface area contributed by atoms with Crippen LogP contribution in [0.2, 0.25) is 0 Å². The second-order valence-electron chi connectivity index (χ2n) is 3.92. The van der Waals surface area contributed by atoms with Gasteiger partial charge in [0, 0.05) is 6.21 Å². The molecule has 4 nitrogen and oxygen atoms in total. The second kappa shape index (κ2) is 7.31. The van der Waals surface area contributed by atoms with Crippen molar-refractivity contribution in [1.82, 2.24) is 0 Å². The Morgan fingerprint density at radius 3 is 2.40 bits per heavy atom. The maximum absolute atomic E-state index is 10.5. The molecule has 0 heterocycles. The van der Waals surface area contributed by atoms with Crippen molar-refractivity contribution in [3.63, 3.8) is 0 Å². The average molecular weight is 289 g/mol. The number of rotatable bonds is 6. The monoisotopic (exact) mass is 288 g/mol. The van der Waals surface area contributed by atoms with Crippen LogP contribution in [-0.2, 0) is 4.79 Å². The summed E-state index contributed by atoms with van der Waals surface area (Å²) in [5.74, 6) is 1.52. The molecule has 2 aromatic carbocycles. The standard InChI is InChI=1S/C15H13ClN2O2/c16-15(19)10-11-17-18-12-6-8-14(9-7-12)20-13-4-2-1-3-5-13/h1-9,11,18H,10H2. The van der Waals surface area contributed by atoms with Gasteiger partial charge in [-0.3, -0.25) is 10.2 Å². The van der Waals surface area contributed by atoms with Crippen LogP contribution in [0, 0.1) is 0 Å². The van der Waals surface area contributed by atoms with Gasteiger partial charge in [-0.15, -0.1) is 0 Å². The lowest BCUT2D eigenvalue weighted by atomic mass is 10.3. The smallest absolute Gasteiger partial charge is 0.227 e. The average Bonchev–Trinajstić information content (AvgIpc) is 2.46. The molecule has 0 saturated heterocycles. The van der Waals surface area contributed by atoms with Crippen molar-refractivity contribution in [3.8, 4) is 11.5 Å². The quantitative estimate of drug-likeness (QED) is 0.496. The number of benzene rings is 2. The minimum Gasteiger partial charge on any atom is -0.457 e. The van der Waals surface area contributed by atoms with Crippen LogP contribution in [0.25, 0.3) is 0 Å². The van der Waals surface area contributed by atoms with Crippen molar-refractivity contribution in [2.45, 2.75) is 6.42 Å². The highest BCUT2D eigenvalue weighted by atomic mass is 35.5. The highest BCUT2D eigenvalue weighted by Gasteiger charge is 1.96. The van der Waals surface area contributed by atoms with E-state index in [4.69, 9.17) is 16.3 Å². The molecule has 1 N–H and O–H groups in total. The molecule has 0 amide bonds. The zero-order valence-electron chi connectivity index (χ0n) is 10.6. The number of nitrogens with one attached hydrogen (secondary N) is 1. The van der Waals surface area contributed by atoms with Crippen molar-refractivity contribution in [2.24, 2.45) is 5.10 Å². The molecule has 0 spiro atoms. The zero-order chi connectivity index (χ0) is 14.2. The van der Waals surface area contributed by atoms with Gasteiger partial charge >= 0.3 is 0 Å². The zero-order valence-corrected chi connectivity index (χ0v) is 11.4. The Labute approximate surface area is 122 Å². The predicted octanol–water partition coefficient (Wildman–Crippen LogP) is 4.03. The van der Waals surface area contributed by atoms with Crippen molar-refractivity contribution < 1.29 is 9.53 Å². The fraction of sp³-hybridized carbons (Fsp3) is 0.0667. The number of hydrogen-bond acceptors (Lipinski definition) is 4. The van der Waals surface area contributed by atoms with Crippen LogP contribution < -0.4 is 10.2 Å². The summed E-state index contributed by atoms with van der Waals surface area (Å²) in [6.07, 6.45) is 1.52. The first-order valence-corrected chi connectivity index (χ1v) is 6.40. The first-order valence-electron chi connectivity index (χ1n) is 6.03. The third-order valence-electron chi connectivity index (χ3n) is 2.37. The van der Waals surface area contributed by atoms with E-state index in [2.05, 4.69) is 10.5 Å². The van der Waals surface area contributed by atoms with Crippen LogP contribution in [0.1, 0.15) is 6.42 Å². The number of halogens is 1. The van der Waals surface area contributed by atoms with E-state index >= 15 is 0 Å². The van der Waals surface area contributed by atoms with E-state index < -0.39 is 5.24 Å². The Bertz CT molecular complexity index is 583. The van der Waals surface area contributed by atoms with Gasteiger partial charge in [-0.05, 0) is 48.0 Å². The number of anilines is 1. The van der Waals surface area contributed by atoms with Gasteiger partial charge in [-0.2, -0.15) is 5.10 Å². The summed E-state index contributed by atoms with van der Waals surface area (Å²) in [5.41, 5.74) is 3.59. The van der Waals surface area contributed by atoms with E-state index in [0.29, 0.717) is 0 Å². The van der Waals surface area contributed by atoms with Crippen LogP contribution in [0.3, 0.4) is 0 Å². The van der Waals surface area contributed by atoms with Crippen LogP contribution >= 0.6 is 11.6 Å². The molecular weight excluding hydrogens is 276 g/mol. The Hall–Kier alpha value is -2.33. The fourth-order valence-corrected chi connectivity index (χ4v) is 1.53. The van der Waals surface area contributed by atoms with E-state index in [0.717, 1.165) is 17.2 Å². The molecule has 0 aromatic heterocycles. The van der Waals surface area contributed by atoms with E-state index in [-0.39, 0.29) is 6.42 Å². The molecule has 0 unspecified atom stereocenters. The van der Waals surface area contributed by atoms with Gasteiger partial charge in [0.2, 0.25) is 5.24 Å². The first kappa shape index (κ1) is 14.1. The van der Waals surface area contributed by atoms with Crippen LogP contribution in [0.5, 0.6) is 11.5 Å². The molecule has 5 heteroatoms. The maximum Gasteiger partial charge on any atom is 0.227 e. The molecule has 0 atom stereocenters. The summed E-state index contributed by atoms with van der Waals surface area (Å²) in [6, 6.07) is 16.9. The minimum absolute atomic E-state index is 0.101. The van der Waals surface area contributed by atoms with Crippen molar-refractivity contribution in [3.05, 3.63) is 54.6 Å². The molecule has 0 aliphatic carbocycles. The molecule has 2 aromatic rings.